The zero-order chi connectivity index (χ0) is 16.5. The number of nitrogens with zero attached hydrogens (tertiary/aromatic N) is 5. The van der Waals surface area contributed by atoms with Gasteiger partial charge in [0.25, 0.3) is 0 Å². The molecule has 4 rings (SSSR count). The van der Waals surface area contributed by atoms with Crippen LogP contribution in [0.2, 0.25) is 0 Å². The number of piperidine rings is 1. The minimum Gasteiger partial charge on any atom is -0.342 e. The van der Waals surface area contributed by atoms with Gasteiger partial charge in [-0.05, 0) is 25.7 Å². The Morgan fingerprint density at radius 3 is 2.88 bits per heavy atom. The van der Waals surface area contributed by atoms with E-state index in [-0.39, 0.29) is 5.91 Å². The van der Waals surface area contributed by atoms with Gasteiger partial charge in [0.1, 0.15) is 11.6 Å². The summed E-state index contributed by atoms with van der Waals surface area (Å²) in [6.07, 6.45) is 5.58. The molecule has 2 aromatic heterocycles. The molecule has 128 valence electrons. The van der Waals surface area contributed by atoms with Crippen molar-refractivity contribution >= 4 is 17.2 Å². The third-order valence-electron chi connectivity index (χ3n) is 5.09. The molecular weight excluding hydrogens is 322 g/mol. The summed E-state index contributed by atoms with van der Waals surface area (Å²) in [6.45, 7) is 4.78. The lowest BCUT2D eigenvalue weighted by Gasteiger charge is -2.31. The van der Waals surface area contributed by atoms with Crippen LogP contribution < -0.4 is 0 Å². The lowest BCUT2D eigenvalue weighted by molar-refractivity contribution is -0.131. The number of likely N-dealkylation sites (tertiary alicyclic amines) is 1. The highest BCUT2D eigenvalue weighted by molar-refractivity contribution is 7.09. The lowest BCUT2D eigenvalue weighted by Crippen LogP contribution is -2.39. The number of aryl methyl sites for hydroxylation is 2. The molecule has 1 amide bonds. The Kier molecular flexibility index (Phi) is 4.35. The van der Waals surface area contributed by atoms with Crippen molar-refractivity contribution in [3.63, 3.8) is 0 Å². The van der Waals surface area contributed by atoms with Gasteiger partial charge in [-0.2, -0.15) is 0 Å². The summed E-state index contributed by atoms with van der Waals surface area (Å²) in [5, 5.41) is 11.9. The van der Waals surface area contributed by atoms with E-state index in [9.17, 15) is 4.79 Å². The summed E-state index contributed by atoms with van der Waals surface area (Å²) < 4.78 is 2.30. The van der Waals surface area contributed by atoms with Crippen molar-refractivity contribution in [3.8, 4) is 0 Å². The average Bonchev–Trinajstić information content (AvgIpc) is 3.31. The van der Waals surface area contributed by atoms with Crippen LogP contribution in [0.4, 0.5) is 0 Å². The van der Waals surface area contributed by atoms with E-state index >= 15 is 0 Å². The molecule has 0 aromatic carbocycles. The van der Waals surface area contributed by atoms with Gasteiger partial charge in [0.05, 0.1) is 17.1 Å². The summed E-state index contributed by atoms with van der Waals surface area (Å²) in [4.78, 5) is 19.0. The van der Waals surface area contributed by atoms with E-state index in [1.54, 1.807) is 11.3 Å². The number of hydrogen-bond acceptors (Lipinski definition) is 5. The van der Waals surface area contributed by atoms with Gasteiger partial charge in [-0.25, -0.2) is 4.98 Å². The number of hydrogen-bond donors (Lipinski definition) is 0. The van der Waals surface area contributed by atoms with Crippen LogP contribution in [0.25, 0.3) is 0 Å². The molecule has 7 heteroatoms. The first-order valence-corrected chi connectivity index (χ1v) is 9.75. The van der Waals surface area contributed by atoms with Crippen LogP contribution in [0.3, 0.4) is 0 Å². The van der Waals surface area contributed by atoms with Gasteiger partial charge in [0.15, 0.2) is 0 Å². The maximum Gasteiger partial charge on any atom is 0.228 e. The van der Waals surface area contributed by atoms with Crippen molar-refractivity contribution in [2.24, 2.45) is 0 Å². The van der Waals surface area contributed by atoms with Gasteiger partial charge < -0.3 is 9.47 Å². The summed E-state index contributed by atoms with van der Waals surface area (Å²) in [5.74, 6) is 2.92. The highest BCUT2D eigenvalue weighted by Crippen LogP contribution is 2.29. The molecule has 0 atom stereocenters. The van der Waals surface area contributed by atoms with Gasteiger partial charge in [0, 0.05) is 37.4 Å². The van der Waals surface area contributed by atoms with Crippen molar-refractivity contribution in [3.05, 3.63) is 27.7 Å². The van der Waals surface area contributed by atoms with Gasteiger partial charge in [-0.15, -0.1) is 21.5 Å². The molecule has 0 spiro atoms. The molecule has 2 aliphatic heterocycles. The number of carbonyl (C=O) groups is 1. The fourth-order valence-electron chi connectivity index (χ4n) is 3.72. The molecule has 24 heavy (non-hydrogen) atoms. The highest BCUT2D eigenvalue weighted by Gasteiger charge is 2.29. The third kappa shape index (κ3) is 2.97. The molecule has 2 aliphatic rings. The molecule has 0 aliphatic carbocycles. The Morgan fingerprint density at radius 2 is 2.12 bits per heavy atom. The van der Waals surface area contributed by atoms with E-state index in [0.717, 1.165) is 67.7 Å². The van der Waals surface area contributed by atoms with E-state index < -0.39 is 0 Å². The van der Waals surface area contributed by atoms with Crippen molar-refractivity contribution in [1.82, 2.24) is 24.6 Å². The molecule has 2 aromatic rings. The van der Waals surface area contributed by atoms with Crippen molar-refractivity contribution in [2.45, 2.75) is 57.9 Å². The molecule has 4 heterocycles. The Balaban J connectivity index is 1.34. The largest absolute Gasteiger partial charge is 0.342 e. The topological polar surface area (TPSA) is 63.9 Å². The monoisotopic (exact) mass is 345 g/mol. The quantitative estimate of drug-likeness (QED) is 0.852. The number of carbonyl (C=O) groups excluding carboxylic acids is 1. The number of thiazole rings is 1. The molecule has 1 fully saturated rings. The molecule has 0 bridgehead atoms. The first-order valence-electron chi connectivity index (χ1n) is 8.87. The predicted octanol–water partition coefficient (Wildman–Crippen LogP) is 2.19. The van der Waals surface area contributed by atoms with Crippen LogP contribution >= 0.6 is 11.3 Å². The Morgan fingerprint density at radius 1 is 1.29 bits per heavy atom. The Labute approximate surface area is 145 Å². The minimum atomic E-state index is 0.202. The van der Waals surface area contributed by atoms with Gasteiger partial charge in [0.2, 0.25) is 5.91 Å². The van der Waals surface area contributed by atoms with E-state index in [0.29, 0.717) is 12.3 Å². The lowest BCUT2D eigenvalue weighted by atomic mass is 9.95. The number of aromatic nitrogens is 4. The molecule has 0 N–H and O–H groups in total. The van der Waals surface area contributed by atoms with Gasteiger partial charge in [-0.1, -0.05) is 6.92 Å². The fraction of sp³-hybridized carbons (Fsp3) is 0.647. The van der Waals surface area contributed by atoms with Crippen molar-refractivity contribution < 1.29 is 4.79 Å². The van der Waals surface area contributed by atoms with Crippen LogP contribution in [0.15, 0.2) is 5.38 Å². The third-order valence-corrected chi connectivity index (χ3v) is 6.13. The van der Waals surface area contributed by atoms with E-state index in [4.69, 9.17) is 0 Å². The summed E-state index contributed by atoms with van der Waals surface area (Å²) in [7, 11) is 0. The van der Waals surface area contributed by atoms with Gasteiger partial charge >= 0.3 is 0 Å². The van der Waals surface area contributed by atoms with Crippen LogP contribution in [0, 0.1) is 0 Å². The van der Waals surface area contributed by atoms with E-state index in [2.05, 4.69) is 26.7 Å². The average molecular weight is 345 g/mol. The highest BCUT2D eigenvalue weighted by atomic mass is 32.1. The maximum absolute atomic E-state index is 12.5. The van der Waals surface area contributed by atoms with Crippen molar-refractivity contribution in [1.29, 1.82) is 0 Å². The second kappa shape index (κ2) is 6.63. The second-order valence-electron chi connectivity index (χ2n) is 6.65. The first-order chi connectivity index (χ1) is 11.7. The van der Waals surface area contributed by atoms with E-state index in [1.165, 1.54) is 6.42 Å². The van der Waals surface area contributed by atoms with Crippen LogP contribution in [-0.4, -0.2) is 43.6 Å². The zero-order valence-electron chi connectivity index (χ0n) is 14.1. The summed E-state index contributed by atoms with van der Waals surface area (Å²) >= 11 is 1.65. The van der Waals surface area contributed by atoms with Crippen LogP contribution in [0.5, 0.6) is 0 Å². The van der Waals surface area contributed by atoms with Gasteiger partial charge in [-0.3, -0.25) is 4.79 Å². The van der Waals surface area contributed by atoms with Crippen LogP contribution in [0.1, 0.15) is 54.5 Å². The molecule has 1 saturated heterocycles. The van der Waals surface area contributed by atoms with Crippen molar-refractivity contribution in [2.75, 3.05) is 13.1 Å². The SMILES string of the molecule is CCc1nc(CC(=O)N2CCC(c3nnc4n3CCC4)CC2)cs1. The minimum absolute atomic E-state index is 0.202. The second-order valence-corrected chi connectivity index (χ2v) is 7.59. The normalized spacial score (nSPS) is 18.1. The predicted molar refractivity (Wildman–Crippen MR) is 92.1 cm³/mol. The van der Waals surface area contributed by atoms with E-state index in [1.807, 2.05) is 10.3 Å². The Bertz CT molecular complexity index is 729. The molecule has 0 radical (unpaired) electrons. The zero-order valence-corrected chi connectivity index (χ0v) is 14.9. The standard InChI is InChI=1S/C17H23N5OS/c1-2-15-18-13(11-24-15)10-16(23)21-8-5-12(6-9-21)17-20-19-14-4-3-7-22(14)17/h11-12H,2-10H2,1H3. The maximum atomic E-state index is 12.5. The number of rotatable bonds is 4. The molecule has 0 saturated carbocycles. The van der Waals surface area contributed by atoms with Crippen LogP contribution in [-0.2, 0) is 30.6 Å². The smallest absolute Gasteiger partial charge is 0.228 e. The summed E-state index contributed by atoms with van der Waals surface area (Å²) in [6, 6.07) is 0. The molecule has 6 nitrogen and oxygen atoms in total. The summed E-state index contributed by atoms with van der Waals surface area (Å²) in [5.41, 5.74) is 0.916. The Hall–Kier alpha value is -1.76. The number of fused-ring (bicyclic) bond motifs is 1. The molecular formula is C17H23N5OS. The first kappa shape index (κ1) is 15.7. The molecule has 0 unspecified atom stereocenters. The fourth-order valence-corrected chi connectivity index (χ4v) is 4.47. The number of amides is 1.